The molecule has 1 aliphatic rings. The molecule has 1 aliphatic carbocycles. The molecule has 1 N–H and O–H groups in total. The van der Waals surface area contributed by atoms with Gasteiger partial charge in [0, 0.05) is 30.2 Å². The number of nitrogens with zero attached hydrogens (tertiary/aromatic N) is 3. The standard InChI is InChI=1S/C15H18N4O/c1-16-12-4-2-5-13-11(12)6-7-15(20)19(13)10-14-17-8-3-9-18-14/h3,6-9,12,16H,2,4-5,10H2,1H3. The van der Waals surface area contributed by atoms with Crippen molar-refractivity contribution in [2.24, 2.45) is 0 Å². The zero-order valence-corrected chi connectivity index (χ0v) is 11.5. The van der Waals surface area contributed by atoms with Gasteiger partial charge in [-0.1, -0.05) is 6.07 Å². The summed E-state index contributed by atoms with van der Waals surface area (Å²) >= 11 is 0. The van der Waals surface area contributed by atoms with Crippen LogP contribution in [0.3, 0.4) is 0 Å². The molecule has 2 aromatic rings. The van der Waals surface area contributed by atoms with E-state index in [1.807, 2.05) is 17.7 Å². The fraction of sp³-hybridized carbons (Fsp3) is 0.400. The first-order chi connectivity index (χ1) is 9.79. The fourth-order valence-electron chi connectivity index (χ4n) is 2.89. The van der Waals surface area contributed by atoms with Gasteiger partial charge < -0.3 is 9.88 Å². The van der Waals surface area contributed by atoms with Gasteiger partial charge in [0.1, 0.15) is 5.82 Å². The Kier molecular flexibility index (Phi) is 3.60. The monoisotopic (exact) mass is 270 g/mol. The topological polar surface area (TPSA) is 59.8 Å². The summed E-state index contributed by atoms with van der Waals surface area (Å²) in [6.07, 6.45) is 6.57. The number of nitrogens with one attached hydrogen (secondary N) is 1. The van der Waals surface area contributed by atoms with Gasteiger partial charge in [0.05, 0.1) is 6.54 Å². The minimum absolute atomic E-state index is 0.0213. The molecule has 1 atom stereocenters. The van der Waals surface area contributed by atoms with Crippen LogP contribution in [0.25, 0.3) is 0 Å². The zero-order chi connectivity index (χ0) is 13.9. The molecule has 0 radical (unpaired) electrons. The van der Waals surface area contributed by atoms with Crippen LogP contribution in [0.2, 0.25) is 0 Å². The van der Waals surface area contributed by atoms with Crippen LogP contribution in [0, 0.1) is 0 Å². The van der Waals surface area contributed by atoms with Crippen LogP contribution < -0.4 is 10.9 Å². The molecule has 5 nitrogen and oxygen atoms in total. The first kappa shape index (κ1) is 13.0. The van der Waals surface area contributed by atoms with Crippen molar-refractivity contribution in [2.75, 3.05) is 7.05 Å². The van der Waals surface area contributed by atoms with Crippen molar-refractivity contribution in [3.05, 3.63) is 58.0 Å². The second kappa shape index (κ2) is 5.54. The van der Waals surface area contributed by atoms with E-state index in [0.717, 1.165) is 25.0 Å². The molecule has 104 valence electrons. The van der Waals surface area contributed by atoms with E-state index >= 15 is 0 Å². The lowest BCUT2D eigenvalue weighted by molar-refractivity contribution is 0.471. The van der Waals surface area contributed by atoms with Crippen LogP contribution in [0.15, 0.2) is 35.4 Å². The van der Waals surface area contributed by atoms with E-state index < -0.39 is 0 Å². The van der Waals surface area contributed by atoms with Crippen LogP contribution in [0.5, 0.6) is 0 Å². The number of hydrogen-bond acceptors (Lipinski definition) is 4. The lowest BCUT2D eigenvalue weighted by Gasteiger charge is -2.27. The Morgan fingerprint density at radius 1 is 1.35 bits per heavy atom. The molecule has 2 aromatic heterocycles. The number of pyridine rings is 1. The third-order valence-corrected chi connectivity index (χ3v) is 3.88. The van der Waals surface area contributed by atoms with Crippen molar-refractivity contribution >= 4 is 0 Å². The van der Waals surface area contributed by atoms with Gasteiger partial charge in [-0.3, -0.25) is 4.79 Å². The first-order valence-corrected chi connectivity index (χ1v) is 6.95. The molecule has 0 aliphatic heterocycles. The van der Waals surface area contributed by atoms with Crippen LogP contribution >= 0.6 is 0 Å². The summed E-state index contributed by atoms with van der Waals surface area (Å²) in [6.45, 7) is 0.444. The van der Waals surface area contributed by atoms with Crippen molar-refractivity contribution in [2.45, 2.75) is 31.8 Å². The molecular weight excluding hydrogens is 252 g/mol. The lowest BCUT2D eigenvalue weighted by Crippen LogP contribution is -2.31. The molecule has 0 fully saturated rings. The largest absolute Gasteiger partial charge is 0.313 e. The molecule has 0 amide bonds. The Hall–Kier alpha value is -2.01. The number of aromatic nitrogens is 3. The molecule has 2 heterocycles. The highest BCUT2D eigenvalue weighted by molar-refractivity contribution is 5.28. The van der Waals surface area contributed by atoms with Crippen molar-refractivity contribution in [3.63, 3.8) is 0 Å². The number of fused-ring (bicyclic) bond motifs is 1. The lowest BCUT2D eigenvalue weighted by atomic mass is 9.91. The minimum Gasteiger partial charge on any atom is -0.313 e. The summed E-state index contributed by atoms with van der Waals surface area (Å²) in [6, 6.07) is 5.73. The predicted octanol–water partition coefficient (Wildman–Crippen LogP) is 1.28. The van der Waals surface area contributed by atoms with Gasteiger partial charge in [-0.2, -0.15) is 0 Å². The predicted molar refractivity (Wildman–Crippen MR) is 76.6 cm³/mol. The average Bonchev–Trinajstić information content (AvgIpc) is 2.50. The summed E-state index contributed by atoms with van der Waals surface area (Å²) in [7, 11) is 1.97. The maximum absolute atomic E-state index is 12.2. The highest BCUT2D eigenvalue weighted by Crippen LogP contribution is 2.28. The summed E-state index contributed by atoms with van der Waals surface area (Å²) in [5.74, 6) is 0.676. The zero-order valence-electron chi connectivity index (χ0n) is 11.5. The molecule has 0 aromatic carbocycles. The maximum atomic E-state index is 12.2. The summed E-state index contributed by atoms with van der Waals surface area (Å²) in [5, 5.41) is 3.32. The first-order valence-electron chi connectivity index (χ1n) is 6.95. The van der Waals surface area contributed by atoms with E-state index in [2.05, 4.69) is 15.3 Å². The highest BCUT2D eigenvalue weighted by Gasteiger charge is 2.22. The third kappa shape index (κ3) is 2.36. The van der Waals surface area contributed by atoms with E-state index in [4.69, 9.17) is 0 Å². The van der Waals surface area contributed by atoms with Crippen LogP contribution in [-0.2, 0) is 13.0 Å². The Morgan fingerprint density at radius 3 is 2.90 bits per heavy atom. The van der Waals surface area contributed by atoms with Crippen molar-refractivity contribution in [1.82, 2.24) is 19.9 Å². The van der Waals surface area contributed by atoms with Gasteiger partial charge in [0.15, 0.2) is 0 Å². The highest BCUT2D eigenvalue weighted by atomic mass is 16.1. The Morgan fingerprint density at radius 2 is 2.15 bits per heavy atom. The summed E-state index contributed by atoms with van der Waals surface area (Å²) in [5.41, 5.74) is 2.37. The van der Waals surface area contributed by atoms with E-state index in [-0.39, 0.29) is 5.56 Å². The SMILES string of the molecule is CNC1CCCc2c1ccc(=O)n2Cc1ncccn1. The van der Waals surface area contributed by atoms with E-state index in [0.29, 0.717) is 18.4 Å². The summed E-state index contributed by atoms with van der Waals surface area (Å²) in [4.78, 5) is 20.6. The van der Waals surface area contributed by atoms with Crippen LogP contribution in [0.1, 0.15) is 36.0 Å². The molecule has 5 heteroatoms. The van der Waals surface area contributed by atoms with Gasteiger partial charge in [-0.15, -0.1) is 0 Å². The molecule has 0 spiro atoms. The minimum atomic E-state index is 0.0213. The molecule has 3 rings (SSSR count). The second-order valence-electron chi connectivity index (χ2n) is 5.06. The average molecular weight is 270 g/mol. The van der Waals surface area contributed by atoms with Crippen molar-refractivity contribution in [1.29, 1.82) is 0 Å². The molecule has 0 bridgehead atoms. The van der Waals surface area contributed by atoms with Gasteiger partial charge >= 0.3 is 0 Å². The fourth-order valence-corrected chi connectivity index (χ4v) is 2.89. The third-order valence-electron chi connectivity index (χ3n) is 3.88. The molecule has 20 heavy (non-hydrogen) atoms. The Bertz CT molecular complexity index is 651. The molecular formula is C15H18N4O. The smallest absolute Gasteiger partial charge is 0.251 e. The molecule has 1 unspecified atom stereocenters. The Balaban J connectivity index is 2.04. The normalized spacial score (nSPS) is 17.8. The molecule has 0 saturated carbocycles. The number of hydrogen-bond donors (Lipinski definition) is 1. The van der Waals surface area contributed by atoms with E-state index in [1.165, 1.54) is 5.56 Å². The van der Waals surface area contributed by atoms with Crippen LogP contribution in [-0.4, -0.2) is 21.6 Å². The van der Waals surface area contributed by atoms with Gasteiger partial charge in [-0.25, -0.2) is 9.97 Å². The number of rotatable bonds is 3. The van der Waals surface area contributed by atoms with Crippen molar-refractivity contribution in [3.8, 4) is 0 Å². The van der Waals surface area contributed by atoms with E-state index in [9.17, 15) is 4.79 Å². The van der Waals surface area contributed by atoms with E-state index in [1.54, 1.807) is 24.5 Å². The van der Waals surface area contributed by atoms with Crippen molar-refractivity contribution < 1.29 is 0 Å². The Labute approximate surface area is 117 Å². The maximum Gasteiger partial charge on any atom is 0.251 e. The van der Waals surface area contributed by atoms with Crippen LogP contribution in [0.4, 0.5) is 0 Å². The van der Waals surface area contributed by atoms with Gasteiger partial charge in [0.25, 0.3) is 5.56 Å². The van der Waals surface area contributed by atoms with Gasteiger partial charge in [-0.05, 0) is 37.9 Å². The molecule has 0 saturated heterocycles. The van der Waals surface area contributed by atoms with Gasteiger partial charge in [0.2, 0.25) is 0 Å². The summed E-state index contributed by atoms with van der Waals surface area (Å²) < 4.78 is 1.81. The second-order valence-corrected chi connectivity index (χ2v) is 5.06. The quantitative estimate of drug-likeness (QED) is 0.913.